The van der Waals surface area contributed by atoms with Crippen LogP contribution in [0.5, 0.6) is 0 Å². The molecule has 29 heavy (non-hydrogen) atoms. The van der Waals surface area contributed by atoms with Gasteiger partial charge in [-0.1, -0.05) is 40.9 Å². The smallest absolute Gasteiger partial charge is 0.340 e. The van der Waals surface area contributed by atoms with Gasteiger partial charge in [0.25, 0.3) is 5.91 Å². The number of aldehydes is 1. The second-order valence-electron chi connectivity index (χ2n) is 5.74. The molecule has 0 aliphatic heterocycles. The predicted molar refractivity (Wildman–Crippen MR) is 110 cm³/mol. The van der Waals surface area contributed by atoms with Crippen molar-refractivity contribution in [3.8, 4) is 11.3 Å². The zero-order chi connectivity index (χ0) is 21.0. The van der Waals surface area contributed by atoms with E-state index in [1.807, 2.05) is 0 Å². The first-order valence-corrected chi connectivity index (χ1v) is 9.28. The molecule has 0 saturated heterocycles. The van der Waals surface area contributed by atoms with Crippen molar-refractivity contribution in [3.05, 3.63) is 74.9 Å². The molecule has 2 aromatic carbocycles. The molecule has 1 N–H and O–H groups in total. The third kappa shape index (κ3) is 4.98. The van der Waals surface area contributed by atoms with Crippen molar-refractivity contribution in [3.63, 3.8) is 0 Å². The molecule has 0 atom stereocenters. The number of carbonyl (C=O) groups is 3. The number of carbonyl (C=O) groups excluding carboxylic acids is 3. The second-order valence-corrected chi connectivity index (χ2v) is 6.93. The van der Waals surface area contributed by atoms with Gasteiger partial charge in [-0.2, -0.15) is 0 Å². The van der Waals surface area contributed by atoms with E-state index in [1.165, 1.54) is 18.2 Å². The van der Waals surface area contributed by atoms with Crippen molar-refractivity contribution in [2.45, 2.75) is 0 Å². The average molecular weight is 453 g/mol. The molecular formula is C20H12Cl3NO5. The average Bonchev–Trinajstić information content (AvgIpc) is 3.19. The summed E-state index contributed by atoms with van der Waals surface area (Å²) in [7, 11) is 0. The molecule has 0 saturated carbocycles. The van der Waals surface area contributed by atoms with E-state index in [9.17, 15) is 14.4 Å². The Labute approximate surface area is 180 Å². The van der Waals surface area contributed by atoms with Crippen LogP contribution in [-0.2, 0) is 9.53 Å². The molecule has 0 radical (unpaired) electrons. The number of halogens is 3. The van der Waals surface area contributed by atoms with Gasteiger partial charge in [0.05, 0.1) is 26.3 Å². The molecule has 9 heteroatoms. The van der Waals surface area contributed by atoms with E-state index in [0.717, 1.165) is 0 Å². The van der Waals surface area contributed by atoms with Gasteiger partial charge in [0.15, 0.2) is 18.7 Å². The molecule has 0 fully saturated rings. The van der Waals surface area contributed by atoms with E-state index < -0.39 is 18.5 Å². The van der Waals surface area contributed by atoms with Crippen LogP contribution in [0.2, 0.25) is 15.1 Å². The number of furan rings is 1. The summed E-state index contributed by atoms with van der Waals surface area (Å²) in [4.78, 5) is 35.2. The topological polar surface area (TPSA) is 85.6 Å². The van der Waals surface area contributed by atoms with E-state index in [-0.39, 0.29) is 26.4 Å². The van der Waals surface area contributed by atoms with Crippen LogP contribution in [0.1, 0.15) is 20.9 Å². The van der Waals surface area contributed by atoms with Crippen LogP contribution < -0.4 is 5.32 Å². The fraction of sp³-hybridized carbons (Fsp3) is 0.0500. The van der Waals surface area contributed by atoms with Gasteiger partial charge in [-0.05, 0) is 42.5 Å². The highest BCUT2D eigenvalue weighted by atomic mass is 35.5. The number of rotatable bonds is 6. The van der Waals surface area contributed by atoms with Gasteiger partial charge in [0.2, 0.25) is 0 Å². The highest BCUT2D eigenvalue weighted by Crippen LogP contribution is 2.30. The predicted octanol–water partition coefficient (Wildman–Crippen LogP) is 5.51. The molecule has 6 nitrogen and oxygen atoms in total. The van der Waals surface area contributed by atoms with Crippen molar-refractivity contribution in [2.75, 3.05) is 11.9 Å². The van der Waals surface area contributed by atoms with Gasteiger partial charge in [-0.25, -0.2) is 4.79 Å². The molecule has 0 unspecified atom stereocenters. The lowest BCUT2D eigenvalue weighted by Crippen LogP contribution is -2.21. The molecule has 3 aromatic rings. The summed E-state index contributed by atoms with van der Waals surface area (Å²) in [6.45, 7) is -0.557. The first-order chi connectivity index (χ1) is 13.9. The Bertz CT molecular complexity index is 1090. The molecule has 1 aromatic heterocycles. The van der Waals surface area contributed by atoms with Gasteiger partial charge in [0, 0.05) is 5.56 Å². The van der Waals surface area contributed by atoms with Crippen LogP contribution in [0, 0.1) is 0 Å². The molecule has 0 aliphatic carbocycles. The molecule has 1 heterocycles. The number of esters is 1. The normalized spacial score (nSPS) is 10.4. The Morgan fingerprint density at radius 3 is 2.55 bits per heavy atom. The Kier molecular flexibility index (Phi) is 6.59. The minimum Gasteiger partial charge on any atom is -0.453 e. The maximum Gasteiger partial charge on any atom is 0.340 e. The van der Waals surface area contributed by atoms with Crippen LogP contribution in [0.15, 0.2) is 52.9 Å². The molecular weight excluding hydrogens is 441 g/mol. The Balaban J connectivity index is 1.68. The molecule has 0 spiro atoms. The molecule has 0 aliphatic rings. The van der Waals surface area contributed by atoms with E-state index in [2.05, 4.69) is 5.32 Å². The lowest BCUT2D eigenvalue weighted by atomic mass is 10.1. The molecule has 1 amide bonds. The Morgan fingerprint density at radius 1 is 1.03 bits per heavy atom. The van der Waals surface area contributed by atoms with Crippen LogP contribution in [-0.4, -0.2) is 24.8 Å². The summed E-state index contributed by atoms with van der Waals surface area (Å²) >= 11 is 18.0. The number of anilines is 1. The standard InChI is InChI=1S/C20H12Cl3NO5/c21-14-6-4-11(17-7-5-12(9-25)29-17)8-13(14)20(27)28-10-18(26)24-16-3-1-2-15(22)19(16)23/h1-9H,10H2,(H,24,26). The maximum atomic E-state index is 12.4. The first kappa shape index (κ1) is 20.9. The van der Waals surface area contributed by atoms with Crippen LogP contribution in [0.25, 0.3) is 11.3 Å². The largest absolute Gasteiger partial charge is 0.453 e. The maximum absolute atomic E-state index is 12.4. The summed E-state index contributed by atoms with van der Waals surface area (Å²) in [6.07, 6.45) is 0.569. The lowest BCUT2D eigenvalue weighted by Gasteiger charge is -2.10. The first-order valence-electron chi connectivity index (χ1n) is 8.15. The van der Waals surface area contributed by atoms with E-state index in [1.54, 1.807) is 30.3 Å². The minimum atomic E-state index is -0.800. The van der Waals surface area contributed by atoms with E-state index >= 15 is 0 Å². The Hall–Kier alpha value is -2.80. The molecule has 3 rings (SSSR count). The van der Waals surface area contributed by atoms with Crippen molar-refractivity contribution < 1.29 is 23.5 Å². The number of ether oxygens (including phenoxy) is 1. The number of benzene rings is 2. The number of hydrogen-bond acceptors (Lipinski definition) is 5. The van der Waals surface area contributed by atoms with Gasteiger partial charge >= 0.3 is 5.97 Å². The van der Waals surface area contributed by atoms with Crippen molar-refractivity contribution in [2.24, 2.45) is 0 Å². The summed E-state index contributed by atoms with van der Waals surface area (Å²) in [5.41, 5.74) is 0.857. The fourth-order valence-electron chi connectivity index (χ4n) is 2.40. The second kappa shape index (κ2) is 9.13. The number of nitrogens with one attached hydrogen (secondary N) is 1. The molecule has 0 bridgehead atoms. The summed E-state index contributed by atoms with van der Waals surface area (Å²) in [6, 6.07) is 12.4. The zero-order valence-electron chi connectivity index (χ0n) is 14.6. The van der Waals surface area contributed by atoms with Gasteiger partial charge < -0.3 is 14.5 Å². The van der Waals surface area contributed by atoms with Gasteiger partial charge in [-0.3, -0.25) is 9.59 Å². The van der Waals surface area contributed by atoms with Crippen LogP contribution in [0.4, 0.5) is 5.69 Å². The van der Waals surface area contributed by atoms with E-state index in [4.69, 9.17) is 44.0 Å². The van der Waals surface area contributed by atoms with Crippen molar-refractivity contribution in [1.29, 1.82) is 0 Å². The highest BCUT2D eigenvalue weighted by molar-refractivity contribution is 6.44. The van der Waals surface area contributed by atoms with Crippen LogP contribution >= 0.6 is 34.8 Å². The fourth-order valence-corrected chi connectivity index (χ4v) is 2.94. The van der Waals surface area contributed by atoms with Gasteiger partial charge in [0.1, 0.15) is 5.76 Å². The summed E-state index contributed by atoms with van der Waals surface area (Å²) < 4.78 is 10.4. The SMILES string of the molecule is O=Cc1ccc(-c2ccc(Cl)c(C(=O)OCC(=O)Nc3cccc(Cl)c3Cl)c2)o1. The number of amides is 1. The van der Waals surface area contributed by atoms with Crippen molar-refractivity contribution >= 4 is 58.7 Å². The quantitative estimate of drug-likeness (QED) is 0.393. The third-order valence-electron chi connectivity index (χ3n) is 3.77. The number of hydrogen-bond donors (Lipinski definition) is 1. The zero-order valence-corrected chi connectivity index (χ0v) is 16.8. The van der Waals surface area contributed by atoms with Gasteiger partial charge in [-0.15, -0.1) is 0 Å². The summed E-state index contributed by atoms with van der Waals surface area (Å²) in [5, 5.41) is 3.10. The van der Waals surface area contributed by atoms with E-state index in [0.29, 0.717) is 23.3 Å². The Morgan fingerprint density at radius 2 is 1.83 bits per heavy atom. The summed E-state index contributed by atoms with van der Waals surface area (Å²) in [5.74, 6) is -0.871. The monoisotopic (exact) mass is 451 g/mol. The lowest BCUT2D eigenvalue weighted by molar-refractivity contribution is -0.119. The van der Waals surface area contributed by atoms with Crippen LogP contribution in [0.3, 0.4) is 0 Å². The third-order valence-corrected chi connectivity index (χ3v) is 4.92. The minimum absolute atomic E-state index is 0.0433. The van der Waals surface area contributed by atoms with Crippen molar-refractivity contribution in [1.82, 2.24) is 0 Å². The molecule has 148 valence electrons. The highest BCUT2D eigenvalue weighted by Gasteiger charge is 2.17.